The molecule has 3 fully saturated rings. The van der Waals surface area contributed by atoms with E-state index >= 15 is 0 Å². The standard InChI is InChI=1S/C25H35FN4O5S/c1-15-21(11-12-22(27-15)36(4,31)32)34-19-9-7-18(8-10-19)33-20-13-16-5-6-17(14-20)30(16)24-28-23(29-35-24)25(2,3)26/h11-12,16-20H,5-10,13-14H2,1-4H3/t16-,17-,18?,19?/m0/s1. The molecule has 0 spiro atoms. The van der Waals surface area contributed by atoms with Crippen LogP contribution < -0.4 is 9.64 Å². The van der Waals surface area contributed by atoms with Crippen LogP contribution in [0.2, 0.25) is 0 Å². The van der Waals surface area contributed by atoms with Gasteiger partial charge in [0.05, 0.1) is 24.0 Å². The SMILES string of the molecule is Cc1nc(S(C)(=O)=O)ccc1OC1CCC(OC2C[C@@H]3CC[C@@H](C2)N3c2nc(C(C)(C)F)no2)CC1. The van der Waals surface area contributed by atoms with Gasteiger partial charge < -0.3 is 18.9 Å². The van der Waals surface area contributed by atoms with Crippen molar-refractivity contribution in [2.75, 3.05) is 11.2 Å². The molecule has 198 valence electrons. The van der Waals surface area contributed by atoms with E-state index in [1.165, 1.54) is 19.9 Å². The van der Waals surface area contributed by atoms with Crippen LogP contribution in [0, 0.1) is 6.92 Å². The van der Waals surface area contributed by atoms with Gasteiger partial charge in [-0.15, -0.1) is 0 Å². The molecule has 5 rings (SSSR count). The largest absolute Gasteiger partial charge is 0.489 e. The zero-order valence-electron chi connectivity index (χ0n) is 21.3. The quantitative estimate of drug-likeness (QED) is 0.526. The smallest absolute Gasteiger partial charge is 0.324 e. The fraction of sp³-hybridized carbons (Fsp3) is 0.720. The summed E-state index contributed by atoms with van der Waals surface area (Å²) >= 11 is 0. The predicted octanol–water partition coefficient (Wildman–Crippen LogP) is 4.29. The molecule has 2 aromatic heterocycles. The minimum atomic E-state index is -3.34. The van der Waals surface area contributed by atoms with Crippen LogP contribution >= 0.6 is 0 Å². The van der Waals surface area contributed by atoms with Gasteiger partial charge in [0.1, 0.15) is 5.75 Å². The third kappa shape index (κ3) is 5.37. The third-order valence-corrected chi connectivity index (χ3v) is 8.54. The number of pyridine rings is 1. The van der Waals surface area contributed by atoms with Crippen LogP contribution in [-0.4, -0.2) is 60.2 Å². The summed E-state index contributed by atoms with van der Waals surface area (Å²) in [6, 6.07) is 4.17. The molecule has 0 amide bonds. The van der Waals surface area contributed by atoms with Crippen LogP contribution in [0.15, 0.2) is 21.7 Å². The van der Waals surface area contributed by atoms with Crippen molar-refractivity contribution in [1.29, 1.82) is 0 Å². The molecular weight excluding hydrogens is 487 g/mol. The molecule has 1 saturated carbocycles. The average Bonchev–Trinajstić information content (AvgIpc) is 3.38. The normalized spacial score (nSPS) is 28.9. The molecule has 0 unspecified atom stereocenters. The van der Waals surface area contributed by atoms with Crippen LogP contribution in [0.3, 0.4) is 0 Å². The van der Waals surface area contributed by atoms with Gasteiger partial charge in [-0.2, -0.15) is 4.98 Å². The van der Waals surface area contributed by atoms with Gasteiger partial charge in [-0.3, -0.25) is 0 Å². The van der Waals surface area contributed by atoms with Crippen molar-refractivity contribution in [3.63, 3.8) is 0 Å². The van der Waals surface area contributed by atoms with Crippen LogP contribution in [-0.2, 0) is 20.2 Å². The molecule has 4 heterocycles. The number of fused-ring (bicyclic) bond motifs is 2. The second kappa shape index (κ2) is 9.55. The molecular formula is C25H35FN4O5S. The Kier molecular flexibility index (Phi) is 6.74. The van der Waals surface area contributed by atoms with Gasteiger partial charge in [-0.1, -0.05) is 5.16 Å². The first kappa shape index (κ1) is 25.4. The third-order valence-electron chi connectivity index (χ3n) is 7.55. The molecule has 0 radical (unpaired) electrons. The number of ether oxygens (including phenoxy) is 2. The molecule has 2 aliphatic heterocycles. The number of sulfone groups is 1. The highest BCUT2D eigenvalue weighted by atomic mass is 32.2. The Bertz CT molecular complexity index is 1180. The maximum atomic E-state index is 14.2. The highest BCUT2D eigenvalue weighted by Crippen LogP contribution is 2.41. The first-order valence-corrected chi connectivity index (χ1v) is 14.7. The van der Waals surface area contributed by atoms with Gasteiger partial charge in [0, 0.05) is 18.3 Å². The number of alkyl halides is 1. The van der Waals surface area contributed by atoms with Crippen molar-refractivity contribution in [2.24, 2.45) is 0 Å². The Hall–Kier alpha value is -2.27. The summed E-state index contributed by atoms with van der Waals surface area (Å²) in [6.07, 6.45) is 9.13. The molecule has 0 N–H and O–H groups in total. The Labute approximate surface area is 211 Å². The maximum Gasteiger partial charge on any atom is 0.324 e. The van der Waals surface area contributed by atoms with Gasteiger partial charge in [0.15, 0.2) is 20.5 Å². The Morgan fingerprint density at radius 3 is 2.19 bits per heavy atom. The highest BCUT2D eigenvalue weighted by Gasteiger charge is 2.45. The number of rotatable bonds is 7. The number of piperidine rings is 1. The molecule has 1 aliphatic carbocycles. The van der Waals surface area contributed by atoms with Crippen LogP contribution in [0.25, 0.3) is 0 Å². The van der Waals surface area contributed by atoms with E-state index in [1.54, 1.807) is 13.0 Å². The van der Waals surface area contributed by atoms with Crippen molar-refractivity contribution >= 4 is 15.9 Å². The monoisotopic (exact) mass is 522 g/mol. The highest BCUT2D eigenvalue weighted by molar-refractivity contribution is 7.90. The lowest BCUT2D eigenvalue weighted by Crippen LogP contribution is -2.47. The van der Waals surface area contributed by atoms with Crippen molar-refractivity contribution in [3.8, 4) is 5.75 Å². The number of halogens is 1. The number of aromatic nitrogens is 3. The van der Waals surface area contributed by atoms with Gasteiger partial charge in [-0.05, 0) is 84.3 Å². The van der Waals surface area contributed by atoms with Crippen molar-refractivity contribution in [1.82, 2.24) is 15.1 Å². The molecule has 2 atom stereocenters. The summed E-state index contributed by atoms with van der Waals surface area (Å²) in [6.45, 7) is 4.64. The summed E-state index contributed by atoms with van der Waals surface area (Å²) in [5.74, 6) is 0.725. The molecule has 11 heteroatoms. The van der Waals surface area contributed by atoms with Crippen LogP contribution in [0.4, 0.5) is 10.4 Å². The van der Waals surface area contributed by atoms with Crippen LogP contribution in [0.5, 0.6) is 5.75 Å². The molecule has 3 aliphatic rings. The zero-order chi connectivity index (χ0) is 25.7. The Morgan fingerprint density at radius 2 is 1.64 bits per heavy atom. The van der Waals surface area contributed by atoms with E-state index in [4.69, 9.17) is 14.0 Å². The van der Waals surface area contributed by atoms with Crippen LogP contribution in [0.1, 0.15) is 76.7 Å². The average molecular weight is 523 g/mol. The predicted molar refractivity (Wildman–Crippen MR) is 131 cm³/mol. The number of hydrogen-bond donors (Lipinski definition) is 0. The lowest BCUT2D eigenvalue weighted by molar-refractivity contribution is -0.0587. The zero-order valence-corrected chi connectivity index (χ0v) is 22.1. The minimum absolute atomic E-state index is 0.0651. The van der Waals surface area contributed by atoms with E-state index in [9.17, 15) is 12.8 Å². The molecule has 2 saturated heterocycles. The first-order valence-electron chi connectivity index (χ1n) is 12.8. The van der Waals surface area contributed by atoms with E-state index in [-0.39, 0.29) is 41.2 Å². The fourth-order valence-corrected chi connectivity index (χ4v) is 6.32. The second-order valence-corrected chi connectivity index (χ2v) is 12.9. The Balaban J connectivity index is 1.12. The van der Waals surface area contributed by atoms with Gasteiger partial charge >= 0.3 is 6.01 Å². The lowest BCUT2D eigenvalue weighted by Gasteiger charge is -2.39. The van der Waals surface area contributed by atoms with E-state index in [1.807, 2.05) is 0 Å². The van der Waals surface area contributed by atoms with Crippen molar-refractivity contribution in [2.45, 2.75) is 113 Å². The van der Waals surface area contributed by atoms with Crippen molar-refractivity contribution in [3.05, 3.63) is 23.7 Å². The summed E-state index contributed by atoms with van der Waals surface area (Å²) in [4.78, 5) is 10.7. The van der Waals surface area contributed by atoms with E-state index < -0.39 is 15.5 Å². The van der Waals surface area contributed by atoms with Gasteiger partial charge in [0.2, 0.25) is 5.82 Å². The first-order chi connectivity index (χ1) is 17.0. The summed E-state index contributed by atoms with van der Waals surface area (Å²) in [5.41, 5.74) is -1.04. The summed E-state index contributed by atoms with van der Waals surface area (Å²) in [7, 11) is -3.34. The van der Waals surface area contributed by atoms with Gasteiger partial charge in [-0.25, -0.2) is 17.8 Å². The number of anilines is 1. The fourth-order valence-electron chi connectivity index (χ4n) is 5.71. The lowest BCUT2D eigenvalue weighted by atomic mass is 9.93. The minimum Gasteiger partial charge on any atom is -0.489 e. The number of nitrogens with zero attached hydrogens (tertiary/aromatic N) is 4. The maximum absolute atomic E-state index is 14.2. The second-order valence-electron chi connectivity index (χ2n) is 10.9. The summed E-state index contributed by atoms with van der Waals surface area (Å²) < 4.78 is 55.8. The molecule has 2 aromatic rings. The Morgan fingerprint density at radius 1 is 1.00 bits per heavy atom. The summed E-state index contributed by atoms with van der Waals surface area (Å²) in [5, 5.41) is 3.92. The molecule has 2 bridgehead atoms. The molecule has 36 heavy (non-hydrogen) atoms. The molecule has 0 aromatic carbocycles. The number of aryl methyl sites for hydroxylation is 1. The van der Waals surface area contributed by atoms with E-state index in [2.05, 4.69) is 20.0 Å². The van der Waals surface area contributed by atoms with Gasteiger partial charge in [0.25, 0.3) is 0 Å². The molecule has 9 nitrogen and oxygen atoms in total. The van der Waals surface area contributed by atoms with Crippen molar-refractivity contribution < 1.29 is 26.8 Å². The van der Waals surface area contributed by atoms with E-state index in [0.29, 0.717) is 17.5 Å². The topological polar surface area (TPSA) is 108 Å². The van der Waals surface area contributed by atoms with E-state index in [0.717, 1.165) is 57.6 Å². The number of hydrogen-bond acceptors (Lipinski definition) is 9.